The molecule has 2 nitrogen and oxygen atoms in total. The second kappa shape index (κ2) is 9.09. The van der Waals surface area contributed by atoms with Crippen LogP contribution in [0, 0.1) is 10.7 Å². The van der Waals surface area contributed by atoms with Crippen molar-refractivity contribution in [1.29, 1.82) is 0 Å². The first-order valence-electron chi connectivity index (χ1n) is 6.58. The molecule has 1 saturated heterocycles. The van der Waals surface area contributed by atoms with Crippen LogP contribution < -0.4 is 0 Å². The van der Waals surface area contributed by atoms with E-state index in [4.69, 9.17) is 9.47 Å². The molecule has 0 spiro atoms. The summed E-state index contributed by atoms with van der Waals surface area (Å²) in [5.41, 5.74) is 0. The topological polar surface area (TPSA) is 18.5 Å². The van der Waals surface area contributed by atoms with Gasteiger partial charge in [0.05, 0.1) is 6.61 Å². The van der Waals surface area contributed by atoms with Crippen LogP contribution in [0.25, 0.3) is 0 Å². The Bertz CT molecular complexity index is 222. The summed E-state index contributed by atoms with van der Waals surface area (Å²) in [6.45, 7) is 6.09. The van der Waals surface area contributed by atoms with Gasteiger partial charge >= 0.3 is 14.1 Å². The first kappa shape index (κ1) is 14.1. The SMILES string of the molecule is C[CH2][Al]([C]#CCCOC1CCCCO1)[CH2]C. The molecule has 90 valence electrons. The molecule has 1 fully saturated rings. The average molecular weight is 238 g/mol. The van der Waals surface area contributed by atoms with E-state index in [1.807, 2.05) is 0 Å². The van der Waals surface area contributed by atoms with E-state index in [9.17, 15) is 0 Å². The molecule has 0 aromatic heterocycles. The largest absolute Gasteiger partial charge is 0.375 e. The van der Waals surface area contributed by atoms with E-state index in [0.29, 0.717) is 0 Å². The van der Waals surface area contributed by atoms with Gasteiger partial charge in [-0.25, -0.2) is 4.78 Å². The molecule has 0 aliphatic carbocycles. The maximum atomic E-state index is 5.62. The fourth-order valence-corrected chi connectivity index (χ4v) is 3.21. The molecule has 1 heterocycles. The first-order valence-corrected chi connectivity index (χ1v) is 8.79. The minimum atomic E-state index is -0.717. The van der Waals surface area contributed by atoms with Crippen LogP contribution in [0.1, 0.15) is 39.5 Å². The molecule has 16 heavy (non-hydrogen) atoms. The Morgan fingerprint density at radius 1 is 1.31 bits per heavy atom. The van der Waals surface area contributed by atoms with Crippen LogP contribution in [0.3, 0.4) is 0 Å². The summed E-state index contributed by atoms with van der Waals surface area (Å²) in [5, 5.41) is 2.58. The van der Waals surface area contributed by atoms with Crippen molar-refractivity contribution >= 4 is 14.1 Å². The number of ether oxygens (including phenoxy) is 2. The Morgan fingerprint density at radius 2 is 2.12 bits per heavy atom. The zero-order valence-corrected chi connectivity index (χ0v) is 11.8. The van der Waals surface area contributed by atoms with Gasteiger partial charge in [-0.15, -0.1) is 5.92 Å². The summed E-state index contributed by atoms with van der Waals surface area (Å²) in [7, 11) is 0. The van der Waals surface area contributed by atoms with Crippen molar-refractivity contribution in [2.45, 2.75) is 56.4 Å². The standard InChI is InChI=1S/C9H13O2.2C2H5.Al/c1-2-3-7-10-9-6-4-5-8-11-9;2*1-2;/h9H,3-8H2;2*1H2,2H3;. The van der Waals surface area contributed by atoms with E-state index in [2.05, 4.69) is 24.6 Å². The molecule has 1 unspecified atom stereocenters. The molecule has 0 amide bonds. The summed E-state index contributed by atoms with van der Waals surface area (Å²) in [5.74, 6) is 3.26. The molecule has 0 radical (unpaired) electrons. The fourth-order valence-electron chi connectivity index (χ4n) is 1.79. The summed E-state index contributed by atoms with van der Waals surface area (Å²) >= 11 is -0.717. The van der Waals surface area contributed by atoms with Crippen molar-refractivity contribution in [3.63, 3.8) is 0 Å². The molecule has 0 aromatic carbocycles. The first-order chi connectivity index (χ1) is 7.86. The Balaban J connectivity index is 2.05. The van der Waals surface area contributed by atoms with Gasteiger partial charge in [0.1, 0.15) is 0 Å². The van der Waals surface area contributed by atoms with Gasteiger partial charge in [0.15, 0.2) is 6.29 Å². The van der Waals surface area contributed by atoms with Crippen LogP contribution in [-0.2, 0) is 9.47 Å². The van der Waals surface area contributed by atoms with E-state index in [0.717, 1.165) is 26.1 Å². The molecular weight excluding hydrogens is 215 g/mol. The van der Waals surface area contributed by atoms with Gasteiger partial charge in [-0.05, 0) is 19.3 Å². The van der Waals surface area contributed by atoms with E-state index >= 15 is 0 Å². The maximum absolute atomic E-state index is 5.62. The molecule has 0 aromatic rings. The highest BCUT2D eigenvalue weighted by atomic mass is 27.2. The Hall–Kier alpha value is 0.0125. The van der Waals surface area contributed by atoms with Gasteiger partial charge < -0.3 is 9.47 Å². The number of hydrogen-bond acceptors (Lipinski definition) is 2. The van der Waals surface area contributed by atoms with Crippen LogP contribution in [0.15, 0.2) is 0 Å². The molecule has 0 saturated carbocycles. The molecule has 1 aliphatic heterocycles. The smallest absolute Gasteiger partial charge is 0.353 e. The highest BCUT2D eigenvalue weighted by Gasteiger charge is 2.13. The van der Waals surface area contributed by atoms with Crippen molar-refractivity contribution in [2.75, 3.05) is 13.2 Å². The van der Waals surface area contributed by atoms with Gasteiger partial charge in [-0.3, -0.25) is 0 Å². The van der Waals surface area contributed by atoms with Crippen LogP contribution in [-0.4, -0.2) is 33.7 Å². The Morgan fingerprint density at radius 3 is 2.75 bits per heavy atom. The lowest BCUT2D eigenvalue weighted by atomic mass is 10.2. The minimum Gasteiger partial charge on any atom is -0.353 e. The summed E-state index contributed by atoms with van der Waals surface area (Å²) < 4.78 is 11.1. The number of rotatable bonds is 5. The lowest BCUT2D eigenvalue weighted by molar-refractivity contribution is -0.161. The monoisotopic (exact) mass is 238 g/mol. The highest BCUT2D eigenvalue weighted by molar-refractivity contribution is 6.67. The van der Waals surface area contributed by atoms with E-state index in [1.54, 1.807) is 0 Å². The lowest BCUT2D eigenvalue weighted by Gasteiger charge is -2.22. The Labute approximate surface area is 104 Å². The van der Waals surface area contributed by atoms with E-state index < -0.39 is 14.1 Å². The van der Waals surface area contributed by atoms with Crippen molar-refractivity contribution in [3.05, 3.63) is 0 Å². The van der Waals surface area contributed by atoms with Gasteiger partial charge in [0.2, 0.25) is 0 Å². The van der Waals surface area contributed by atoms with Crippen molar-refractivity contribution in [3.8, 4) is 10.7 Å². The lowest BCUT2D eigenvalue weighted by Crippen LogP contribution is -2.22. The van der Waals surface area contributed by atoms with Crippen molar-refractivity contribution < 1.29 is 9.47 Å². The molecule has 1 rings (SSSR count). The molecule has 1 aliphatic rings. The maximum Gasteiger partial charge on any atom is 0.375 e. The summed E-state index contributed by atoms with van der Waals surface area (Å²) in [6.07, 6.45) is 4.37. The van der Waals surface area contributed by atoms with Gasteiger partial charge in [-0.1, -0.05) is 24.4 Å². The highest BCUT2D eigenvalue weighted by Crippen LogP contribution is 2.13. The molecule has 1 atom stereocenters. The Kier molecular flexibility index (Phi) is 7.99. The number of hydrogen-bond donors (Lipinski definition) is 0. The normalized spacial score (nSPS) is 20.0. The van der Waals surface area contributed by atoms with E-state index in [-0.39, 0.29) is 6.29 Å². The molecular formula is C13H23AlO2. The van der Waals surface area contributed by atoms with Crippen LogP contribution >= 0.6 is 0 Å². The third-order valence-electron chi connectivity index (χ3n) is 2.96. The molecule has 0 bridgehead atoms. The van der Waals surface area contributed by atoms with Crippen LogP contribution in [0.5, 0.6) is 0 Å². The third-order valence-corrected chi connectivity index (χ3v) is 5.54. The zero-order chi connectivity index (χ0) is 11.6. The fraction of sp³-hybridized carbons (Fsp3) is 0.846. The zero-order valence-electron chi connectivity index (χ0n) is 10.6. The molecule has 3 heteroatoms. The van der Waals surface area contributed by atoms with Crippen molar-refractivity contribution in [2.24, 2.45) is 0 Å². The van der Waals surface area contributed by atoms with Gasteiger partial charge in [0, 0.05) is 13.0 Å². The predicted molar refractivity (Wildman–Crippen MR) is 68.7 cm³/mol. The van der Waals surface area contributed by atoms with Crippen molar-refractivity contribution in [1.82, 2.24) is 0 Å². The predicted octanol–water partition coefficient (Wildman–Crippen LogP) is 3.00. The van der Waals surface area contributed by atoms with Crippen LogP contribution in [0.2, 0.25) is 10.6 Å². The van der Waals surface area contributed by atoms with Crippen LogP contribution in [0.4, 0.5) is 0 Å². The van der Waals surface area contributed by atoms with Gasteiger partial charge in [0.25, 0.3) is 0 Å². The van der Waals surface area contributed by atoms with Gasteiger partial charge in [-0.2, -0.15) is 0 Å². The average Bonchev–Trinajstić information content (AvgIpc) is 2.35. The second-order valence-electron chi connectivity index (χ2n) is 4.25. The molecule has 0 N–H and O–H groups in total. The van der Waals surface area contributed by atoms with E-state index in [1.165, 1.54) is 23.4 Å². The summed E-state index contributed by atoms with van der Waals surface area (Å²) in [6, 6.07) is 0. The second-order valence-corrected chi connectivity index (χ2v) is 7.57. The minimum absolute atomic E-state index is 0.0425. The summed E-state index contributed by atoms with van der Waals surface area (Å²) in [4.78, 5) is 3.42. The quantitative estimate of drug-likeness (QED) is 0.416. The third kappa shape index (κ3) is 5.92.